The Morgan fingerprint density at radius 3 is 2.44 bits per heavy atom. The summed E-state index contributed by atoms with van der Waals surface area (Å²) in [5.41, 5.74) is -0.617. The number of benzene rings is 2. The van der Waals surface area contributed by atoms with Gasteiger partial charge in [0.05, 0.1) is 18.2 Å². The Morgan fingerprint density at radius 1 is 1.16 bits per heavy atom. The number of hydrogen-bond donors (Lipinski definition) is 2. The molecule has 0 saturated carbocycles. The number of ether oxygens (including phenoxy) is 1. The Kier molecular flexibility index (Phi) is 5.81. The molecule has 25 heavy (non-hydrogen) atoms. The summed E-state index contributed by atoms with van der Waals surface area (Å²) < 4.78 is 44.2. The summed E-state index contributed by atoms with van der Waals surface area (Å²) >= 11 is 0. The normalized spacial score (nSPS) is 12.7. The van der Waals surface area contributed by atoms with Gasteiger partial charge in [-0.25, -0.2) is 4.79 Å². The molecule has 4 nitrogen and oxygen atoms in total. The van der Waals surface area contributed by atoms with Gasteiger partial charge in [0.1, 0.15) is 6.10 Å². The van der Waals surface area contributed by atoms with Crippen molar-refractivity contribution in [3.05, 3.63) is 70.3 Å². The number of aliphatic hydroxyl groups excluding tert-OH is 2. The van der Waals surface area contributed by atoms with E-state index in [9.17, 15) is 23.1 Å². The first-order valence-electron chi connectivity index (χ1n) is 7.45. The summed E-state index contributed by atoms with van der Waals surface area (Å²) in [6.07, 6.45) is -6.11. The van der Waals surface area contributed by atoms with Crippen LogP contribution in [0.3, 0.4) is 0 Å². The average Bonchev–Trinajstić information content (AvgIpc) is 2.60. The monoisotopic (exact) mass is 354 g/mol. The number of alkyl halides is 3. The molecule has 0 heterocycles. The molecule has 2 rings (SSSR count). The van der Waals surface area contributed by atoms with Gasteiger partial charge >= 0.3 is 12.1 Å². The van der Waals surface area contributed by atoms with E-state index in [-0.39, 0.29) is 29.7 Å². The zero-order valence-corrected chi connectivity index (χ0v) is 13.4. The summed E-state index contributed by atoms with van der Waals surface area (Å²) in [6, 6.07) is 8.90. The first-order valence-corrected chi connectivity index (χ1v) is 7.45. The highest BCUT2D eigenvalue weighted by atomic mass is 19.4. The third kappa shape index (κ3) is 4.18. The molecule has 0 saturated heterocycles. The summed E-state index contributed by atoms with van der Waals surface area (Å²) in [7, 11) is 1.18. The van der Waals surface area contributed by atoms with E-state index in [1.807, 2.05) is 0 Å². The fourth-order valence-electron chi connectivity index (χ4n) is 2.60. The van der Waals surface area contributed by atoms with Crippen LogP contribution in [0.25, 0.3) is 0 Å². The van der Waals surface area contributed by atoms with Gasteiger partial charge in [-0.3, -0.25) is 0 Å². The van der Waals surface area contributed by atoms with Gasteiger partial charge in [-0.1, -0.05) is 24.3 Å². The van der Waals surface area contributed by atoms with Gasteiger partial charge < -0.3 is 14.9 Å². The van der Waals surface area contributed by atoms with Gasteiger partial charge in [0.2, 0.25) is 0 Å². The standard InChI is InChI=1S/C18H17F3O4/c1-25-17(24)12-7-6-11(8-9-22)14(10-12)16(23)13-4-2-3-5-15(13)18(19,20)21/h2-7,10,16,22-23H,8-9H2,1H3. The van der Waals surface area contributed by atoms with Gasteiger partial charge in [-0.15, -0.1) is 0 Å². The van der Waals surface area contributed by atoms with Crippen molar-refractivity contribution in [3.63, 3.8) is 0 Å². The zero-order chi connectivity index (χ0) is 18.6. The molecule has 0 aliphatic carbocycles. The van der Waals surface area contributed by atoms with Crippen molar-refractivity contribution in [2.75, 3.05) is 13.7 Å². The largest absolute Gasteiger partial charge is 0.465 e. The Balaban J connectivity index is 2.58. The predicted octanol–water partition coefficient (Wildman–Crippen LogP) is 3.11. The van der Waals surface area contributed by atoms with E-state index < -0.39 is 23.8 Å². The zero-order valence-electron chi connectivity index (χ0n) is 13.4. The van der Waals surface area contributed by atoms with Crippen molar-refractivity contribution >= 4 is 5.97 Å². The van der Waals surface area contributed by atoms with Gasteiger partial charge in [0.15, 0.2) is 0 Å². The molecule has 7 heteroatoms. The van der Waals surface area contributed by atoms with Crippen LogP contribution in [-0.2, 0) is 17.3 Å². The summed E-state index contributed by atoms with van der Waals surface area (Å²) in [4.78, 5) is 11.7. The van der Waals surface area contributed by atoms with Gasteiger partial charge in [0.25, 0.3) is 0 Å². The smallest absolute Gasteiger partial charge is 0.416 e. The fourth-order valence-corrected chi connectivity index (χ4v) is 2.60. The van der Waals surface area contributed by atoms with Gasteiger partial charge in [-0.05, 0) is 41.3 Å². The van der Waals surface area contributed by atoms with Crippen LogP contribution < -0.4 is 0 Å². The Morgan fingerprint density at radius 2 is 1.84 bits per heavy atom. The number of hydrogen-bond acceptors (Lipinski definition) is 4. The van der Waals surface area contributed by atoms with E-state index in [1.54, 1.807) is 0 Å². The highest BCUT2D eigenvalue weighted by Crippen LogP contribution is 2.37. The molecule has 1 unspecified atom stereocenters. The second-order valence-electron chi connectivity index (χ2n) is 5.37. The predicted molar refractivity (Wildman–Crippen MR) is 84.1 cm³/mol. The van der Waals surface area contributed by atoms with Crippen molar-refractivity contribution in [1.82, 2.24) is 0 Å². The molecule has 2 N–H and O–H groups in total. The van der Waals surface area contributed by atoms with Crippen LogP contribution in [0.15, 0.2) is 42.5 Å². The topological polar surface area (TPSA) is 66.8 Å². The van der Waals surface area contributed by atoms with Crippen LogP contribution in [0.4, 0.5) is 13.2 Å². The number of aliphatic hydroxyl groups is 2. The lowest BCUT2D eigenvalue weighted by atomic mass is 9.91. The van der Waals surface area contributed by atoms with Gasteiger partial charge in [-0.2, -0.15) is 13.2 Å². The van der Waals surface area contributed by atoms with E-state index >= 15 is 0 Å². The van der Waals surface area contributed by atoms with Crippen molar-refractivity contribution in [2.24, 2.45) is 0 Å². The van der Waals surface area contributed by atoms with Crippen molar-refractivity contribution in [2.45, 2.75) is 18.7 Å². The lowest BCUT2D eigenvalue weighted by Crippen LogP contribution is -2.15. The minimum absolute atomic E-state index is 0.0997. The van der Waals surface area contributed by atoms with Crippen LogP contribution in [0.1, 0.15) is 38.7 Å². The minimum Gasteiger partial charge on any atom is -0.465 e. The molecule has 1 atom stereocenters. The molecule has 0 amide bonds. The SMILES string of the molecule is COC(=O)c1ccc(CCO)c(C(O)c2ccccc2C(F)(F)F)c1. The first kappa shape index (κ1) is 19.0. The maximum atomic E-state index is 13.2. The van der Waals surface area contributed by atoms with Gasteiger partial charge in [0, 0.05) is 6.61 Å². The number of esters is 1. The lowest BCUT2D eigenvalue weighted by Gasteiger charge is -2.20. The van der Waals surface area contributed by atoms with E-state index in [1.165, 1.54) is 43.5 Å². The van der Waals surface area contributed by atoms with Crippen molar-refractivity contribution in [1.29, 1.82) is 0 Å². The molecule has 0 fully saturated rings. The third-order valence-corrected chi connectivity index (χ3v) is 3.80. The lowest BCUT2D eigenvalue weighted by molar-refractivity contribution is -0.139. The molecule has 0 aromatic heterocycles. The number of methoxy groups -OCH3 is 1. The quantitative estimate of drug-likeness (QED) is 0.810. The van der Waals surface area contributed by atoms with Crippen molar-refractivity contribution < 1.29 is 32.9 Å². The number of carbonyl (C=O) groups excluding carboxylic acids is 1. The molecular weight excluding hydrogens is 337 g/mol. The molecule has 0 aliphatic rings. The van der Waals surface area contributed by atoms with E-state index in [2.05, 4.69) is 4.74 Å². The fraction of sp³-hybridized carbons (Fsp3) is 0.278. The minimum atomic E-state index is -4.63. The number of rotatable bonds is 5. The molecule has 0 bridgehead atoms. The summed E-state index contributed by atoms with van der Waals surface area (Å²) in [6.45, 7) is -0.252. The van der Waals surface area contributed by atoms with Crippen LogP contribution >= 0.6 is 0 Å². The molecule has 2 aromatic rings. The Hall–Kier alpha value is -2.38. The van der Waals surface area contributed by atoms with Crippen LogP contribution in [0.5, 0.6) is 0 Å². The Bertz CT molecular complexity index is 756. The molecular formula is C18H17F3O4. The molecule has 0 radical (unpaired) electrons. The third-order valence-electron chi connectivity index (χ3n) is 3.80. The maximum Gasteiger partial charge on any atom is 0.416 e. The Labute approximate surface area is 142 Å². The molecule has 0 aliphatic heterocycles. The second kappa shape index (κ2) is 7.67. The van der Waals surface area contributed by atoms with Crippen molar-refractivity contribution in [3.8, 4) is 0 Å². The van der Waals surface area contributed by atoms with Crippen LogP contribution in [0.2, 0.25) is 0 Å². The number of carbonyl (C=O) groups is 1. The summed E-state index contributed by atoms with van der Waals surface area (Å²) in [5, 5.41) is 19.7. The highest BCUT2D eigenvalue weighted by Gasteiger charge is 2.35. The van der Waals surface area contributed by atoms with E-state index in [0.717, 1.165) is 6.07 Å². The summed E-state index contributed by atoms with van der Waals surface area (Å²) in [5.74, 6) is -0.673. The van der Waals surface area contributed by atoms with Crippen LogP contribution in [-0.4, -0.2) is 29.9 Å². The number of halogens is 3. The molecule has 2 aromatic carbocycles. The average molecular weight is 354 g/mol. The highest BCUT2D eigenvalue weighted by molar-refractivity contribution is 5.89. The first-order chi connectivity index (χ1) is 11.8. The van der Waals surface area contributed by atoms with E-state index in [0.29, 0.717) is 5.56 Å². The molecule has 134 valence electrons. The molecule has 0 spiro atoms. The maximum absolute atomic E-state index is 13.2. The van der Waals surface area contributed by atoms with Crippen LogP contribution in [0, 0.1) is 0 Å². The van der Waals surface area contributed by atoms with E-state index in [4.69, 9.17) is 5.11 Å². The second-order valence-corrected chi connectivity index (χ2v) is 5.37.